The van der Waals surface area contributed by atoms with Crippen molar-refractivity contribution < 1.29 is 9.53 Å². The zero-order chi connectivity index (χ0) is 16.9. The van der Waals surface area contributed by atoms with Gasteiger partial charge < -0.3 is 10.1 Å². The highest BCUT2D eigenvalue weighted by Gasteiger charge is 2.18. The van der Waals surface area contributed by atoms with E-state index in [1.165, 1.54) is 0 Å². The van der Waals surface area contributed by atoms with Crippen LogP contribution in [0.4, 0.5) is 0 Å². The number of fused-ring (bicyclic) bond motifs is 1. The fraction of sp³-hybridized carbons (Fsp3) is 0.529. The van der Waals surface area contributed by atoms with Crippen LogP contribution in [-0.2, 0) is 11.2 Å². The second-order valence-electron chi connectivity index (χ2n) is 5.90. The van der Waals surface area contributed by atoms with Gasteiger partial charge in [-0.25, -0.2) is 4.98 Å². The standard InChI is InChI=1S/C17H23BrN4O2/c1-2-14-16(22-12-13(18)4-5-15(22)20-14)17(23)19-6-3-7-21-8-10-24-11-9-21/h4-5,12H,2-3,6-11H2,1H3,(H,19,23). The average molecular weight is 395 g/mol. The van der Waals surface area contributed by atoms with Crippen LogP contribution in [0, 0.1) is 0 Å². The average Bonchev–Trinajstić information content (AvgIpc) is 2.97. The summed E-state index contributed by atoms with van der Waals surface area (Å²) in [4.78, 5) is 19.6. The van der Waals surface area contributed by atoms with Crippen molar-refractivity contribution in [3.63, 3.8) is 0 Å². The maximum absolute atomic E-state index is 12.6. The Morgan fingerprint density at radius 1 is 1.38 bits per heavy atom. The van der Waals surface area contributed by atoms with E-state index in [1.807, 2.05) is 29.7 Å². The Bertz CT molecular complexity index is 710. The molecule has 3 rings (SSSR count). The summed E-state index contributed by atoms with van der Waals surface area (Å²) in [5.74, 6) is -0.0561. The number of carbonyl (C=O) groups excluding carboxylic acids is 1. The van der Waals surface area contributed by atoms with Crippen LogP contribution in [0.3, 0.4) is 0 Å². The van der Waals surface area contributed by atoms with Gasteiger partial charge in [-0.3, -0.25) is 14.1 Å². The molecule has 7 heteroatoms. The van der Waals surface area contributed by atoms with Crippen molar-refractivity contribution in [1.29, 1.82) is 0 Å². The van der Waals surface area contributed by atoms with Crippen molar-refractivity contribution in [1.82, 2.24) is 19.6 Å². The van der Waals surface area contributed by atoms with Gasteiger partial charge in [0.25, 0.3) is 5.91 Å². The van der Waals surface area contributed by atoms with Crippen molar-refractivity contribution in [2.24, 2.45) is 0 Å². The molecule has 1 saturated heterocycles. The summed E-state index contributed by atoms with van der Waals surface area (Å²) in [5.41, 5.74) is 2.27. The van der Waals surface area contributed by atoms with Crippen LogP contribution >= 0.6 is 15.9 Å². The first-order chi connectivity index (χ1) is 11.7. The fourth-order valence-electron chi connectivity index (χ4n) is 2.97. The van der Waals surface area contributed by atoms with Crippen molar-refractivity contribution in [2.75, 3.05) is 39.4 Å². The van der Waals surface area contributed by atoms with Crippen molar-refractivity contribution >= 4 is 27.5 Å². The molecule has 1 aliphatic heterocycles. The lowest BCUT2D eigenvalue weighted by Gasteiger charge is -2.26. The highest BCUT2D eigenvalue weighted by Crippen LogP contribution is 2.17. The van der Waals surface area contributed by atoms with Gasteiger partial charge in [0.2, 0.25) is 0 Å². The number of halogens is 1. The van der Waals surface area contributed by atoms with Gasteiger partial charge in [-0.05, 0) is 47.4 Å². The molecule has 1 aliphatic rings. The first kappa shape index (κ1) is 17.4. The molecule has 0 atom stereocenters. The van der Waals surface area contributed by atoms with E-state index in [0.717, 1.165) is 61.5 Å². The summed E-state index contributed by atoms with van der Waals surface area (Å²) in [6.07, 6.45) is 3.56. The van der Waals surface area contributed by atoms with Crippen LogP contribution in [0.5, 0.6) is 0 Å². The minimum Gasteiger partial charge on any atom is -0.379 e. The van der Waals surface area contributed by atoms with Crippen LogP contribution in [0.1, 0.15) is 29.5 Å². The first-order valence-corrected chi connectivity index (χ1v) is 9.23. The number of nitrogens with zero attached hydrogens (tertiary/aromatic N) is 3. The molecule has 1 fully saturated rings. The van der Waals surface area contributed by atoms with Crippen molar-refractivity contribution in [3.8, 4) is 0 Å². The lowest BCUT2D eigenvalue weighted by Crippen LogP contribution is -2.38. The van der Waals surface area contributed by atoms with Gasteiger partial charge in [0.1, 0.15) is 11.3 Å². The molecular formula is C17H23BrN4O2. The Morgan fingerprint density at radius 2 is 2.17 bits per heavy atom. The highest BCUT2D eigenvalue weighted by molar-refractivity contribution is 9.10. The van der Waals surface area contributed by atoms with Crippen LogP contribution in [0.15, 0.2) is 22.8 Å². The summed E-state index contributed by atoms with van der Waals surface area (Å²) >= 11 is 3.46. The number of ether oxygens (including phenoxy) is 1. The lowest BCUT2D eigenvalue weighted by atomic mass is 10.2. The second kappa shape index (κ2) is 8.09. The van der Waals surface area contributed by atoms with Crippen LogP contribution in [0.25, 0.3) is 5.65 Å². The maximum atomic E-state index is 12.6. The normalized spacial score (nSPS) is 15.8. The maximum Gasteiger partial charge on any atom is 0.270 e. The van der Waals surface area contributed by atoms with E-state index in [-0.39, 0.29) is 5.91 Å². The number of imidazole rings is 1. The third kappa shape index (κ3) is 3.96. The molecule has 3 heterocycles. The van der Waals surface area contributed by atoms with Crippen molar-refractivity contribution in [2.45, 2.75) is 19.8 Å². The minimum atomic E-state index is -0.0561. The molecule has 0 saturated carbocycles. The zero-order valence-corrected chi connectivity index (χ0v) is 15.5. The number of rotatable bonds is 6. The Kier molecular flexibility index (Phi) is 5.86. The lowest BCUT2D eigenvalue weighted by molar-refractivity contribution is 0.0374. The molecule has 2 aromatic heterocycles. The summed E-state index contributed by atoms with van der Waals surface area (Å²) in [7, 11) is 0. The topological polar surface area (TPSA) is 58.9 Å². The van der Waals surface area contributed by atoms with E-state index in [2.05, 4.69) is 31.1 Å². The third-order valence-corrected chi connectivity index (χ3v) is 4.71. The molecule has 0 unspecified atom stereocenters. The van der Waals surface area contributed by atoms with Gasteiger partial charge in [-0.15, -0.1) is 0 Å². The van der Waals surface area contributed by atoms with E-state index in [4.69, 9.17) is 4.74 Å². The SMILES string of the molecule is CCc1nc2ccc(Br)cn2c1C(=O)NCCCN1CCOCC1. The van der Waals surface area contributed by atoms with Gasteiger partial charge in [0.15, 0.2) is 0 Å². The molecular weight excluding hydrogens is 372 g/mol. The van der Waals surface area contributed by atoms with E-state index >= 15 is 0 Å². The smallest absolute Gasteiger partial charge is 0.270 e. The quantitative estimate of drug-likeness (QED) is 0.762. The number of carbonyl (C=O) groups is 1. The van der Waals surface area contributed by atoms with Crippen molar-refractivity contribution in [3.05, 3.63) is 34.2 Å². The monoisotopic (exact) mass is 394 g/mol. The number of aryl methyl sites for hydroxylation is 1. The predicted molar refractivity (Wildman–Crippen MR) is 96.5 cm³/mol. The molecule has 0 radical (unpaired) electrons. The van der Waals surface area contributed by atoms with E-state index in [0.29, 0.717) is 12.2 Å². The molecule has 0 spiro atoms. The number of hydrogen-bond acceptors (Lipinski definition) is 4. The molecule has 1 N–H and O–H groups in total. The van der Waals surface area contributed by atoms with Gasteiger partial charge in [0, 0.05) is 30.3 Å². The predicted octanol–water partition coefficient (Wildman–Crippen LogP) is 2.11. The molecule has 0 aliphatic carbocycles. The number of aromatic nitrogens is 2. The van der Waals surface area contributed by atoms with Gasteiger partial charge in [-0.2, -0.15) is 0 Å². The molecule has 130 valence electrons. The molecule has 0 aromatic carbocycles. The number of morpholine rings is 1. The Morgan fingerprint density at radius 3 is 2.92 bits per heavy atom. The second-order valence-corrected chi connectivity index (χ2v) is 6.82. The molecule has 6 nitrogen and oxygen atoms in total. The molecule has 24 heavy (non-hydrogen) atoms. The van der Waals surface area contributed by atoms with Gasteiger partial charge >= 0.3 is 0 Å². The number of pyridine rings is 1. The number of hydrogen-bond donors (Lipinski definition) is 1. The highest BCUT2D eigenvalue weighted by atomic mass is 79.9. The summed E-state index contributed by atoms with van der Waals surface area (Å²) in [6, 6.07) is 3.85. The van der Waals surface area contributed by atoms with Crippen LogP contribution in [-0.4, -0.2) is 59.6 Å². The Labute approximate surface area is 150 Å². The van der Waals surface area contributed by atoms with Gasteiger partial charge in [-0.1, -0.05) is 6.92 Å². The van der Waals surface area contributed by atoms with Crippen LogP contribution < -0.4 is 5.32 Å². The van der Waals surface area contributed by atoms with Gasteiger partial charge in [0.05, 0.1) is 18.9 Å². The number of amides is 1. The fourth-order valence-corrected chi connectivity index (χ4v) is 3.30. The largest absolute Gasteiger partial charge is 0.379 e. The summed E-state index contributed by atoms with van der Waals surface area (Å²) in [6.45, 7) is 7.26. The zero-order valence-electron chi connectivity index (χ0n) is 13.9. The van der Waals surface area contributed by atoms with Crippen LogP contribution in [0.2, 0.25) is 0 Å². The van der Waals surface area contributed by atoms with E-state index < -0.39 is 0 Å². The Hall–Kier alpha value is -1.44. The van der Waals surface area contributed by atoms with E-state index in [9.17, 15) is 4.79 Å². The van der Waals surface area contributed by atoms with E-state index in [1.54, 1.807) is 0 Å². The molecule has 1 amide bonds. The first-order valence-electron chi connectivity index (χ1n) is 8.44. The molecule has 2 aromatic rings. The minimum absolute atomic E-state index is 0.0561. The Balaban J connectivity index is 1.61. The summed E-state index contributed by atoms with van der Waals surface area (Å²) < 4.78 is 8.13. The number of nitrogens with one attached hydrogen (secondary N) is 1. The molecule has 0 bridgehead atoms. The summed E-state index contributed by atoms with van der Waals surface area (Å²) in [5, 5.41) is 3.04. The third-order valence-electron chi connectivity index (χ3n) is 4.24.